The van der Waals surface area contributed by atoms with Crippen LogP contribution in [0, 0.1) is 11.2 Å². The quantitative estimate of drug-likeness (QED) is 0.175. The number of methoxy groups -OCH3 is 1. The summed E-state index contributed by atoms with van der Waals surface area (Å²) in [4.78, 5) is 29.0. The van der Waals surface area contributed by atoms with Gasteiger partial charge in [0, 0.05) is 29.9 Å². The summed E-state index contributed by atoms with van der Waals surface area (Å²) in [6.07, 6.45) is 1.99. The third-order valence-electron chi connectivity index (χ3n) is 6.78. The van der Waals surface area contributed by atoms with Crippen molar-refractivity contribution in [3.8, 4) is 16.9 Å². The van der Waals surface area contributed by atoms with E-state index in [1.54, 1.807) is 34.8 Å². The summed E-state index contributed by atoms with van der Waals surface area (Å²) in [7, 11) is -2.70. The minimum atomic E-state index is -4.10. The van der Waals surface area contributed by atoms with Gasteiger partial charge in [-0.25, -0.2) is 22.0 Å². The Balaban J connectivity index is 1.26. The van der Waals surface area contributed by atoms with Gasteiger partial charge >= 0.3 is 0 Å². The normalized spacial score (nSPS) is 11.7. The van der Waals surface area contributed by atoms with Gasteiger partial charge in [-0.2, -0.15) is 4.98 Å². The van der Waals surface area contributed by atoms with Gasteiger partial charge in [-0.3, -0.25) is 9.59 Å². The molecule has 5 aromatic rings. The molecule has 11 nitrogen and oxygen atoms in total. The summed E-state index contributed by atoms with van der Waals surface area (Å²) >= 11 is 0. The third-order valence-corrected chi connectivity index (χ3v) is 8.15. The summed E-state index contributed by atoms with van der Waals surface area (Å²) in [5.41, 5.74) is 3.71. The van der Waals surface area contributed by atoms with Crippen LogP contribution in [-0.2, 0) is 26.0 Å². The van der Waals surface area contributed by atoms with Crippen LogP contribution in [0.3, 0.4) is 0 Å². The van der Waals surface area contributed by atoms with Gasteiger partial charge in [-0.05, 0) is 65.1 Å². The lowest BCUT2D eigenvalue weighted by Crippen LogP contribution is -2.33. The number of carbonyl (C=O) groups is 2. The molecule has 0 radical (unpaired) electrons. The highest BCUT2D eigenvalue weighted by molar-refractivity contribution is 7.90. The number of amides is 2. The summed E-state index contributed by atoms with van der Waals surface area (Å²) < 4.78 is 47.9. The van der Waals surface area contributed by atoms with Crippen molar-refractivity contribution in [2.24, 2.45) is 5.41 Å². The number of carbonyl (C=O) groups excluding carboxylic acids is 2. The molecule has 0 unspecified atom stereocenters. The van der Waals surface area contributed by atoms with Crippen LogP contribution in [0.25, 0.3) is 16.8 Å². The zero-order valence-electron chi connectivity index (χ0n) is 25.7. The number of fused-ring (bicyclic) bond motifs is 1. The molecule has 0 fully saturated rings. The number of ether oxygens (including phenoxy) is 1. The second-order valence-electron chi connectivity index (χ2n) is 11.8. The average Bonchev–Trinajstić information content (AvgIpc) is 3.39. The second-order valence-corrected chi connectivity index (χ2v) is 13.5. The first kappa shape index (κ1) is 32.1. The van der Waals surface area contributed by atoms with Crippen molar-refractivity contribution in [1.82, 2.24) is 19.3 Å². The molecular weight excluding hydrogens is 611 g/mol. The zero-order chi connectivity index (χ0) is 33.1. The smallest absolute Gasteiger partial charge is 0.264 e. The van der Waals surface area contributed by atoms with Gasteiger partial charge in [0.15, 0.2) is 5.65 Å². The monoisotopic (exact) mass is 644 g/mol. The molecule has 0 saturated carbocycles. The second kappa shape index (κ2) is 13.0. The summed E-state index contributed by atoms with van der Waals surface area (Å²) in [5.74, 6) is -0.682. The van der Waals surface area contributed by atoms with Crippen LogP contribution in [-0.4, -0.2) is 41.9 Å². The van der Waals surface area contributed by atoms with Crippen molar-refractivity contribution in [2.45, 2.75) is 38.5 Å². The molecule has 0 spiro atoms. The molecular formula is C33H33FN6O5S. The van der Waals surface area contributed by atoms with Crippen LogP contribution in [0.5, 0.6) is 5.75 Å². The topological polar surface area (TPSA) is 144 Å². The maximum Gasteiger partial charge on any atom is 0.264 e. The van der Waals surface area contributed by atoms with Gasteiger partial charge in [-0.1, -0.05) is 45.0 Å². The zero-order valence-corrected chi connectivity index (χ0v) is 26.5. The van der Waals surface area contributed by atoms with Crippen LogP contribution >= 0.6 is 0 Å². The molecule has 13 heteroatoms. The number of rotatable bonds is 10. The van der Waals surface area contributed by atoms with Crippen LogP contribution in [0.2, 0.25) is 0 Å². The Morgan fingerprint density at radius 3 is 2.28 bits per heavy atom. The number of nitrogens with zero attached hydrogens (tertiary/aromatic N) is 3. The van der Waals surface area contributed by atoms with Gasteiger partial charge in [-0.15, -0.1) is 5.10 Å². The molecule has 0 bridgehead atoms. The van der Waals surface area contributed by atoms with E-state index in [9.17, 15) is 22.4 Å². The molecule has 0 saturated heterocycles. The Labute approximate surface area is 265 Å². The summed E-state index contributed by atoms with van der Waals surface area (Å²) in [5, 5.41) is 10.4. The van der Waals surface area contributed by atoms with Crippen molar-refractivity contribution >= 4 is 44.8 Å². The first-order valence-electron chi connectivity index (χ1n) is 14.3. The lowest BCUT2D eigenvalue weighted by molar-refractivity contribution is -0.121. The Morgan fingerprint density at radius 1 is 0.913 bits per heavy atom. The molecule has 0 aliphatic heterocycles. The number of pyridine rings is 1. The van der Waals surface area contributed by atoms with Gasteiger partial charge < -0.3 is 15.4 Å². The number of aromatic nitrogens is 3. The molecule has 2 aromatic heterocycles. The van der Waals surface area contributed by atoms with Gasteiger partial charge in [0.05, 0.1) is 24.1 Å². The fraction of sp³-hybridized carbons (Fsp3) is 0.212. The average molecular weight is 645 g/mol. The van der Waals surface area contributed by atoms with Crippen molar-refractivity contribution in [2.75, 3.05) is 17.7 Å². The standard InChI is InChI=1S/C33H33FN6O5S/c1-33(2,3)19-31(42)39-46(43,44)26-14-15-27(28(18-26)45-4)36-32-37-29-16-9-23(20-40(29)38-32)22-7-12-25(13-8-22)35-30(41)17-21-5-10-24(34)11-6-21/h5-16,18,20H,17,19H2,1-4H3,(H,35,41)(H,36,38)(H,39,42). The molecule has 238 valence electrons. The molecule has 46 heavy (non-hydrogen) atoms. The number of hydrogen-bond acceptors (Lipinski definition) is 8. The Hall–Kier alpha value is -5.30. The lowest BCUT2D eigenvalue weighted by atomic mass is 9.92. The van der Waals surface area contributed by atoms with E-state index in [-0.39, 0.29) is 46.6 Å². The minimum absolute atomic E-state index is 0.0494. The number of anilines is 3. The maximum atomic E-state index is 13.1. The van der Waals surface area contributed by atoms with E-state index in [4.69, 9.17) is 4.74 Å². The predicted octanol–water partition coefficient (Wildman–Crippen LogP) is 5.71. The highest BCUT2D eigenvalue weighted by atomic mass is 32.2. The molecule has 0 aliphatic carbocycles. The highest BCUT2D eigenvalue weighted by Gasteiger charge is 2.23. The van der Waals surface area contributed by atoms with Crippen LogP contribution < -0.4 is 20.1 Å². The van der Waals surface area contributed by atoms with E-state index in [1.807, 2.05) is 45.2 Å². The molecule has 0 atom stereocenters. The molecule has 2 heterocycles. The van der Waals surface area contributed by atoms with Gasteiger partial charge in [0.2, 0.25) is 17.8 Å². The van der Waals surface area contributed by atoms with E-state index >= 15 is 0 Å². The van der Waals surface area contributed by atoms with Crippen molar-refractivity contribution in [1.29, 1.82) is 0 Å². The van der Waals surface area contributed by atoms with Gasteiger partial charge in [0.1, 0.15) is 11.6 Å². The van der Waals surface area contributed by atoms with Crippen LogP contribution in [0.15, 0.2) is 90.0 Å². The number of nitrogens with one attached hydrogen (secondary N) is 3. The van der Waals surface area contributed by atoms with Crippen LogP contribution in [0.1, 0.15) is 32.8 Å². The molecule has 2 amide bonds. The van der Waals surface area contributed by atoms with E-state index in [1.165, 1.54) is 37.4 Å². The lowest BCUT2D eigenvalue weighted by Gasteiger charge is -2.17. The first-order valence-corrected chi connectivity index (χ1v) is 15.8. The largest absolute Gasteiger partial charge is 0.495 e. The number of benzene rings is 3. The van der Waals surface area contributed by atoms with E-state index in [2.05, 4.69) is 25.4 Å². The number of halogens is 1. The SMILES string of the molecule is COc1cc(S(=O)(=O)NC(=O)CC(C)(C)C)ccc1Nc1nc2ccc(-c3ccc(NC(=O)Cc4ccc(F)cc4)cc3)cn2n1. The molecule has 0 aliphatic rings. The Morgan fingerprint density at radius 2 is 1.61 bits per heavy atom. The van der Waals surface area contributed by atoms with Crippen LogP contribution in [0.4, 0.5) is 21.7 Å². The maximum absolute atomic E-state index is 13.1. The van der Waals surface area contributed by atoms with E-state index < -0.39 is 15.9 Å². The van der Waals surface area contributed by atoms with Gasteiger partial charge in [0.25, 0.3) is 10.0 Å². The summed E-state index contributed by atoms with van der Waals surface area (Å²) in [6, 6.07) is 21.0. The predicted molar refractivity (Wildman–Crippen MR) is 173 cm³/mol. The minimum Gasteiger partial charge on any atom is -0.495 e. The number of sulfonamides is 1. The third kappa shape index (κ3) is 8.04. The first-order chi connectivity index (χ1) is 21.8. The van der Waals surface area contributed by atoms with Crippen molar-refractivity contribution < 1.29 is 27.1 Å². The fourth-order valence-electron chi connectivity index (χ4n) is 4.63. The molecule has 3 aromatic carbocycles. The Kier molecular flexibility index (Phi) is 9.05. The van der Waals surface area contributed by atoms with Crippen molar-refractivity contribution in [3.05, 3.63) is 96.4 Å². The summed E-state index contributed by atoms with van der Waals surface area (Å²) in [6.45, 7) is 5.53. The Bertz CT molecular complexity index is 2000. The number of hydrogen-bond donors (Lipinski definition) is 3. The van der Waals surface area contributed by atoms with E-state index in [0.29, 0.717) is 22.6 Å². The highest BCUT2D eigenvalue weighted by Crippen LogP contribution is 2.30. The van der Waals surface area contributed by atoms with Crippen molar-refractivity contribution in [3.63, 3.8) is 0 Å². The molecule has 3 N–H and O–H groups in total. The van der Waals surface area contributed by atoms with E-state index in [0.717, 1.165) is 11.1 Å². The molecule has 5 rings (SSSR count). The fourth-order valence-corrected chi connectivity index (χ4v) is 5.63.